The van der Waals surface area contributed by atoms with Crippen LogP contribution in [0.25, 0.3) is 22.2 Å². The van der Waals surface area contributed by atoms with Crippen molar-refractivity contribution in [1.82, 2.24) is 19.3 Å². The lowest BCUT2D eigenvalue weighted by Gasteiger charge is -2.08. The van der Waals surface area contributed by atoms with E-state index in [1.807, 2.05) is 36.5 Å². The topological polar surface area (TPSA) is 52.7 Å². The number of nitrogens with zero attached hydrogens (tertiary/aromatic N) is 4. The molecule has 0 radical (unpaired) electrons. The molecule has 2 aromatic carbocycles. The molecule has 0 N–H and O–H groups in total. The molecule has 0 aliphatic carbocycles. The van der Waals surface area contributed by atoms with Crippen LogP contribution < -0.4 is 5.56 Å². The third-order valence-electron chi connectivity index (χ3n) is 4.25. The maximum Gasteiger partial charge on any atom is 0.283 e. The Morgan fingerprint density at radius 1 is 1.15 bits per heavy atom. The van der Waals surface area contributed by atoms with Crippen molar-refractivity contribution in [3.8, 4) is 11.1 Å². The summed E-state index contributed by atoms with van der Waals surface area (Å²) < 4.78 is 17.8. The van der Waals surface area contributed by atoms with Crippen molar-refractivity contribution in [1.29, 1.82) is 0 Å². The van der Waals surface area contributed by atoms with E-state index in [1.54, 1.807) is 24.0 Å². The first-order valence-electron chi connectivity index (χ1n) is 7.95. The number of aromatic nitrogens is 4. The van der Waals surface area contributed by atoms with Crippen LogP contribution in [0.3, 0.4) is 0 Å². The number of aryl methyl sites for hydroxylation is 1. The molecular formula is C19H14BrFN4O. The van der Waals surface area contributed by atoms with Crippen molar-refractivity contribution in [2.45, 2.75) is 6.54 Å². The summed E-state index contributed by atoms with van der Waals surface area (Å²) in [5, 5.41) is 4.35. The minimum Gasteiger partial charge on any atom is -0.307 e. The number of hydrogen-bond acceptors (Lipinski definition) is 3. The Morgan fingerprint density at radius 3 is 2.69 bits per heavy atom. The molecule has 0 fully saturated rings. The number of halogens is 2. The lowest BCUT2D eigenvalue weighted by Crippen LogP contribution is -2.19. The summed E-state index contributed by atoms with van der Waals surface area (Å²) in [6.45, 7) is 0.629. The second kappa shape index (κ2) is 6.49. The van der Waals surface area contributed by atoms with Crippen LogP contribution in [0.2, 0.25) is 0 Å². The van der Waals surface area contributed by atoms with E-state index in [2.05, 4.69) is 26.0 Å². The van der Waals surface area contributed by atoms with Gasteiger partial charge in [0.2, 0.25) is 0 Å². The van der Waals surface area contributed by atoms with Crippen molar-refractivity contribution >= 4 is 27.0 Å². The molecule has 0 saturated heterocycles. The van der Waals surface area contributed by atoms with E-state index in [4.69, 9.17) is 0 Å². The fraction of sp³-hybridized carbons (Fsp3) is 0.105. The van der Waals surface area contributed by atoms with E-state index in [1.165, 1.54) is 10.6 Å². The first-order chi connectivity index (χ1) is 12.5. The van der Waals surface area contributed by atoms with E-state index in [9.17, 15) is 9.18 Å². The number of hydrogen-bond donors (Lipinski definition) is 0. The summed E-state index contributed by atoms with van der Waals surface area (Å²) in [4.78, 5) is 16.1. The number of fused-ring (bicyclic) bond motifs is 1. The zero-order valence-electron chi connectivity index (χ0n) is 13.9. The van der Waals surface area contributed by atoms with Gasteiger partial charge in [0.05, 0.1) is 18.3 Å². The molecule has 26 heavy (non-hydrogen) atoms. The largest absolute Gasteiger partial charge is 0.307 e. The Balaban J connectivity index is 1.77. The zero-order chi connectivity index (χ0) is 18.3. The van der Waals surface area contributed by atoms with Crippen molar-refractivity contribution in [3.63, 3.8) is 0 Å². The molecule has 4 aromatic rings. The SMILES string of the molecule is Cn1c(=O)c(Br)nc2c(F)cc(-c3cnn(Cc4ccccc4)c3)cc21. The predicted molar refractivity (Wildman–Crippen MR) is 101 cm³/mol. The Bertz CT molecular complexity index is 1170. The molecule has 0 aliphatic heterocycles. The first-order valence-corrected chi connectivity index (χ1v) is 8.75. The molecule has 4 rings (SSSR count). The van der Waals surface area contributed by atoms with Crippen LogP contribution in [-0.4, -0.2) is 19.3 Å². The van der Waals surface area contributed by atoms with Crippen molar-refractivity contribution in [3.05, 3.63) is 81.2 Å². The lowest BCUT2D eigenvalue weighted by molar-refractivity contribution is 0.635. The first kappa shape index (κ1) is 16.7. The molecule has 0 bridgehead atoms. The molecule has 2 aromatic heterocycles. The van der Waals surface area contributed by atoms with E-state index in [-0.39, 0.29) is 15.7 Å². The molecule has 0 unspecified atom stereocenters. The highest BCUT2D eigenvalue weighted by Gasteiger charge is 2.13. The highest BCUT2D eigenvalue weighted by atomic mass is 79.9. The van der Waals surface area contributed by atoms with Gasteiger partial charge in [-0.2, -0.15) is 5.10 Å². The van der Waals surface area contributed by atoms with Gasteiger partial charge in [0.15, 0.2) is 10.4 Å². The molecule has 0 atom stereocenters. The molecule has 0 aliphatic rings. The van der Waals surface area contributed by atoms with Crippen molar-refractivity contribution < 1.29 is 4.39 Å². The van der Waals surface area contributed by atoms with Gasteiger partial charge >= 0.3 is 0 Å². The van der Waals surface area contributed by atoms with Gasteiger partial charge < -0.3 is 4.57 Å². The molecule has 130 valence electrons. The number of rotatable bonds is 3. The van der Waals surface area contributed by atoms with Crippen LogP contribution in [0.4, 0.5) is 4.39 Å². The molecule has 5 nitrogen and oxygen atoms in total. The van der Waals surface area contributed by atoms with Gasteiger partial charge in [-0.3, -0.25) is 9.48 Å². The molecule has 0 spiro atoms. The monoisotopic (exact) mass is 412 g/mol. The van der Waals surface area contributed by atoms with Crippen LogP contribution in [0.1, 0.15) is 5.56 Å². The lowest BCUT2D eigenvalue weighted by atomic mass is 10.1. The van der Waals surface area contributed by atoms with E-state index in [0.29, 0.717) is 17.6 Å². The Morgan fingerprint density at radius 2 is 1.92 bits per heavy atom. The average molecular weight is 413 g/mol. The summed E-state index contributed by atoms with van der Waals surface area (Å²) in [5.41, 5.74) is 2.83. The fourth-order valence-electron chi connectivity index (χ4n) is 2.88. The van der Waals surface area contributed by atoms with E-state index in [0.717, 1.165) is 11.1 Å². The van der Waals surface area contributed by atoms with E-state index >= 15 is 0 Å². The third-order valence-corrected chi connectivity index (χ3v) is 4.77. The maximum atomic E-state index is 14.6. The quantitative estimate of drug-likeness (QED) is 0.514. The van der Waals surface area contributed by atoms with Crippen molar-refractivity contribution in [2.75, 3.05) is 0 Å². The molecule has 7 heteroatoms. The maximum absolute atomic E-state index is 14.6. The third kappa shape index (κ3) is 2.94. The van der Waals surface area contributed by atoms with Crippen LogP contribution in [0.15, 0.2) is 64.3 Å². The van der Waals surface area contributed by atoms with Gasteiger partial charge in [0.1, 0.15) is 5.52 Å². The van der Waals surface area contributed by atoms with Crippen molar-refractivity contribution in [2.24, 2.45) is 7.05 Å². The second-order valence-corrected chi connectivity index (χ2v) is 6.76. The van der Waals surface area contributed by atoms with Crippen LogP contribution in [0.5, 0.6) is 0 Å². The summed E-state index contributed by atoms with van der Waals surface area (Å²) in [6.07, 6.45) is 3.55. The summed E-state index contributed by atoms with van der Waals surface area (Å²) in [5.74, 6) is -0.482. The molecule has 0 saturated carbocycles. The van der Waals surface area contributed by atoms with Crippen LogP contribution in [0, 0.1) is 5.82 Å². The van der Waals surface area contributed by atoms with Gasteiger partial charge in [-0.1, -0.05) is 30.3 Å². The van der Waals surface area contributed by atoms with E-state index < -0.39 is 5.82 Å². The molecule has 2 heterocycles. The Hall–Kier alpha value is -2.80. The number of benzene rings is 2. The fourth-order valence-corrected chi connectivity index (χ4v) is 3.32. The zero-order valence-corrected chi connectivity index (χ0v) is 15.4. The smallest absolute Gasteiger partial charge is 0.283 e. The standard InChI is InChI=1S/C19H14BrFN4O/c1-24-16-8-13(7-15(21)17(16)23-18(20)19(24)26)14-9-22-25(11-14)10-12-5-3-2-4-6-12/h2-9,11H,10H2,1H3. The highest BCUT2D eigenvalue weighted by molar-refractivity contribution is 9.10. The second-order valence-electron chi connectivity index (χ2n) is 6.00. The van der Waals surface area contributed by atoms with Gasteiger partial charge in [0, 0.05) is 18.8 Å². The Labute approximate surface area is 156 Å². The van der Waals surface area contributed by atoms with Gasteiger partial charge in [-0.25, -0.2) is 9.37 Å². The average Bonchev–Trinajstić information content (AvgIpc) is 3.10. The van der Waals surface area contributed by atoms with Gasteiger partial charge in [-0.05, 0) is 39.2 Å². The van der Waals surface area contributed by atoms with Crippen LogP contribution in [-0.2, 0) is 13.6 Å². The normalized spacial score (nSPS) is 11.2. The van der Waals surface area contributed by atoms with Crippen LogP contribution >= 0.6 is 15.9 Å². The summed E-state index contributed by atoms with van der Waals surface area (Å²) >= 11 is 3.08. The molecule has 0 amide bonds. The minimum absolute atomic E-state index is 0.0924. The highest BCUT2D eigenvalue weighted by Crippen LogP contribution is 2.26. The summed E-state index contributed by atoms with van der Waals surface area (Å²) in [6, 6.07) is 13.1. The minimum atomic E-state index is -0.482. The molecular weight excluding hydrogens is 399 g/mol. The summed E-state index contributed by atoms with van der Waals surface area (Å²) in [7, 11) is 1.60. The van der Waals surface area contributed by atoms with Gasteiger partial charge in [-0.15, -0.1) is 0 Å². The Kier molecular flexibility index (Phi) is 4.16. The predicted octanol–water partition coefficient (Wildman–Crippen LogP) is 3.75. The van der Waals surface area contributed by atoms with Gasteiger partial charge in [0.25, 0.3) is 5.56 Å².